The normalized spacial score (nSPS) is 37.2. The molecule has 2 heterocycles. The summed E-state index contributed by atoms with van der Waals surface area (Å²) in [7, 11) is 2.27. The second-order valence-electron chi connectivity index (χ2n) is 5.83. The average Bonchev–Trinajstić information content (AvgIpc) is 2.38. The van der Waals surface area contributed by atoms with Gasteiger partial charge in [0.05, 0.1) is 0 Å². The van der Waals surface area contributed by atoms with Crippen LogP contribution in [0, 0.1) is 0 Å². The van der Waals surface area contributed by atoms with Gasteiger partial charge in [0, 0.05) is 37.8 Å². The van der Waals surface area contributed by atoms with Gasteiger partial charge in [0.1, 0.15) is 0 Å². The third kappa shape index (κ3) is 3.21. The van der Waals surface area contributed by atoms with Crippen LogP contribution in [0.25, 0.3) is 0 Å². The van der Waals surface area contributed by atoms with Gasteiger partial charge in [0.25, 0.3) is 0 Å². The van der Waals surface area contributed by atoms with Crippen molar-refractivity contribution in [2.24, 2.45) is 0 Å². The maximum Gasteiger partial charge on any atom is 0.0227 e. The van der Waals surface area contributed by atoms with Gasteiger partial charge >= 0.3 is 0 Å². The first kappa shape index (κ1) is 13.3. The van der Waals surface area contributed by atoms with Crippen molar-refractivity contribution >= 4 is 0 Å². The molecule has 2 aliphatic rings. The summed E-state index contributed by atoms with van der Waals surface area (Å²) in [4.78, 5) is 5.31. The maximum atomic E-state index is 3.69. The van der Waals surface area contributed by atoms with Crippen LogP contribution in [0.3, 0.4) is 0 Å². The number of hydrogen-bond donors (Lipinski definition) is 1. The van der Waals surface area contributed by atoms with E-state index in [2.05, 4.69) is 36.0 Å². The fourth-order valence-electron chi connectivity index (χ4n) is 3.40. The molecule has 0 aliphatic carbocycles. The molecule has 0 spiro atoms. The van der Waals surface area contributed by atoms with Gasteiger partial charge in [-0.05, 0) is 39.3 Å². The number of piperazine rings is 1. The van der Waals surface area contributed by atoms with Crippen LogP contribution in [-0.2, 0) is 0 Å². The first-order valence-corrected chi connectivity index (χ1v) is 7.42. The summed E-state index contributed by atoms with van der Waals surface area (Å²) in [6.45, 7) is 9.64. The van der Waals surface area contributed by atoms with Gasteiger partial charge in [0.2, 0.25) is 0 Å². The third-order valence-corrected chi connectivity index (χ3v) is 4.58. The molecule has 0 bridgehead atoms. The number of likely N-dealkylation sites (tertiary alicyclic amines) is 1. The third-order valence-electron chi connectivity index (χ3n) is 4.58. The second-order valence-corrected chi connectivity index (χ2v) is 5.83. The van der Waals surface area contributed by atoms with Crippen LogP contribution >= 0.6 is 0 Å². The number of nitrogens with one attached hydrogen (secondary N) is 1. The molecule has 100 valence electrons. The highest BCUT2D eigenvalue weighted by molar-refractivity contribution is 4.91. The van der Waals surface area contributed by atoms with E-state index in [4.69, 9.17) is 0 Å². The van der Waals surface area contributed by atoms with Crippen molar-refractivity contribution in [3.8, 4) is 0 Å². The topological polar surface area (TPSA) is 18.5 Å². The van der Waals surface area contributed by atoms with Gasteiger partial charge in [0.15, 0.2) is 0 Å². The van der Waals surface area contributed by atoms with Gasteiger partial charge in [-0.2, -0.15) is 0 Å². The molecule has 3 atom stereocenters. The smallest absolute Gasteiger partial charge is 0.0227 e. The van der Waals surface area contributed by atoms with Gasteiger partial charge in [-0.15, -0.1) is 0 Å². The summed E-state index contributed by atoms with van der Waals surface area (Å²) >= 11 is 0. The molecule has 1 N–H and O–H groups in total. The van der Waals surface area contributed by atoms with E-state index in [-0.39, 0.29) is 0 Å². The van der Waals surface area contributed by atoms with Crippen molar-refractivity contribution in [2.75, 3.05) is 33.2 Å². The summed E-state index contributed by atoms with van der Waals surface area (Å²) in [5, 5.41) is 3.69. The van der Waals surface area contributed by atoms with Crippen molar-refractivity contribution in [3.05, 3.63) is 0 Å². The summed E-state index contributed by atoms with van der Waals surface area (Å²) in [6.07, 6.45) is 5.31. The monoisotopic (exact) mass is 239 g/mol. The van der Waals surface area contributed by atoms with Crippen LogP contribution in [0.15, 0.2) is 0 Å². The van der Waals surface area contributed by atoms with E-state index >= 15 is 0 Å². The SMILES string of the molecule is CCC1CN(C2CCCN(C)C2)C(CC)CN1. The Hall–Kier alpha value is -0.120. The molecular weight excluding hydrogens is 210 g/mol. The Morgan fingerprint density at radius 1 is 1.18 bits per heavy atom. The minimum Gasteiger partial charge on any atom is -0.311 e. The molecule has 0 aromatic rings. The molecule has 0 aromatic carbocycles. The van der Waals surface area contributed by atoms with E-state index in [1.807, 2.05) is 0 Å². The summed E-state index contributed by atoms with van der Waals surface area (Å²) in [5.41, 5.74) is 0. The molecule has 2 aliphatic heterocycles. The zero-order valence-electron chi connectivity index (χ0n) is 11.8. The summed E-state index contributed by atoms with van der Waals surface area (Å²) in [6, 6.07) is 2.27. The van der Waals surface area contributed by atoms with Crippen molar-refractivity contribution < 1.29 is 0 Å². The van der Waals surface area contributed by atoms with Crippen LogP contribution in [-0.4, -0.2) is 61.2 Å². The van der Waals surface area contributed by atoms with Gasteiger partial charge < -0.3 is 10.2 Å². The highest BCUT2D eigenvalue weighted by Gasteiger charge is 2.32. The van der Waals surface area contributed by atoms with E-state index in [9.17, 15) is 0 Å². The molecule has 3 nitrogen and oxygen atoms in total. The summed E-state index contributed by atoms with van der Waals surface area (Å²) < 4.78 is 0. The highest BCUT2D eigenvalue weighted by Crippen LogP contribution is 2.21. The lowest BCUT2D eigenvalue weighted by Gasteiger charge is -2.47. The van der Waals surface area contributed by atoms with Crippen molar-refractivity contribution in [3.63, 3.8) is 0 Å². The number of hydrogen-bond acceptors (Lipinski definition) is 3. The minimum absolute atomic E-state index is 0.713. The quantitative estimate of drug-likeness (QED) is 0.806. The molecule has 17 heavy (non-hydrogen) atoms. The minimum atomic E-state index is 0.713. The summed E-state index contributed by atoms with van der Waals surface area (Å²) in [5.74, 6) is 0. The van der Waals surface area contributed by atoms with E-state index < -0.39 is 0 Å². The maximum absolute atomic E-state index is 3.69. The zero-order chi connectivity index (χ0) is 12.3. The Morgan fingerprint density at radius 2 is 2.00 bits per heavy atom. The Kier molecular flexibility index (Phi) is 4.83. The van der Waals surface area contributed by atoms with Gasteiger partial charge in [-0.25, -0.2) is 0 Å². The molecule has 3 unspecified atom stereocenters. The lowest BCUT2D eigenvalue weighted by atomic mass is 9.97. The number of nitrogens with zero attached hydrogens (tertiary/aromatic N) is 2. The van der Waals surface area contributed by atoms with Gasteiger partial charge in [-0.3, -0.25) is 4.90 Å². The Labute approximate surface area is 107 Å². The Morgan fingerprint density at radius 3 is 2.65 bits per heavy atom. The molecule has 3 heteroatoms. The van der Waals surface area contributed by atoms with Crippen molar-refractivity contribution in [2.45, 2.75) is 57.7 Å². The predicted octanol–water partition coefficient (Wildman–Crippen LogP) is 1.54. The first-order valence-electron chi connectivity index (χ1n) is 7.42. The van der Waals surface area contributed by atoms with E-state index in [0.717, 1.165) is 12.1 Å². The number of piperidine rings is 1. The van der Waals surface area contributed by atoms with Crippen LogP contribution in [0.2, 0.25) is 0 Å². The van der Waals surface area contributed by atoms with Crippen molar-refractivity contribution in [1.82, 2.24) is 15.1 Å². The Balaban J connectivity index is 1.98. The molecule has 0 aromatic heterocycles. The number of likely N-dealkylation sites (N-methyl/N-ethyl adjacent to an activating group) is 1. The zero-order valence-corrected chi connectivity index (χ0v) is 11.8. The molecular formula is C14H29N3. The lowest BCUT2D eigenvalue weighted by Crippen LogP contribution is -2.61. The number of rotatable bonds is 3. The van der Waals surface area contributed by atoms with E-state index in [0.29, 0.717) is 6.04 Å². The Bertz CT molecular complexity index is 232. The predicted molar refractivity (Wildman–Crippen MR) is 73.4 cm³/mol. The highest BCUT2D eigenvalue weighted by atomic mass is 15.3. The second kappa shape index (κ2) is 6.17. The van der Waals surface area contributed by atoms with E-state index in [1.54, 1.807) is 0 Å². The molecule has 0 radical (unpaired) electrons. The molecule has 2 fully saturated rings. The molecule has 0 saturated carbocycles. The standard InChI is InChI=1S/C14H29N3/c1-4-12-10-17(13(5-2)9-15-12)14-7-6-8-16(3)11-14/h12-15H,4-11H2,1-3H3. The molecule has 2 saturated heterocycles. The fraction of sp³-hybridized carbons (Fsp3) is 1.00. The molecule has 0 amide bonds. The van der Waals surface area contributed by atoms with Crippen LogP contribution in [0.1, 0.15) is 39.5 Å². The first-order chi connectivity index (χ1) is 8.24. The van der Waals surface area contributed by atoms with Gasteiger partial charge in [-0.1, -0.05) is 13.8 Å². The lowest BCUT2D eigenvalue weighted by molar-refractivity contribution is 0.0397. The average molecular weight is 239 g/mol. The van der Waals surface area contributed by atoms with Crippen LogP contribution < -0.4 is 5.32 Å². The van der Waals surface area contributed by atoms with E-state index in [1.165, 1.54) is 51.9 Å². The van der Waals surface area contributed by atoms with Crippen molar-refractivity contribution in [1.29, 1.82) is 0 Å². The molecule has 2 rings (SSSR count). The van der Waals surface area contributed by atoms with Crippen LogP contribution in [0.5, 0.6) is 0 Å². The fourth-order valence-corrected chi connectivity index (χ4v) is 3.40. The van der Waals surface area contributed by atoms with Crippen LogP contribution in [0.4, 0.5) is 0 Å². The largest absolute Gasteiger partial charge is 0.311 e.